The van der Waals surface area contributed by atoms with Crippen LogP contribution in [0.1, 0.15) is 6.42 Å². The van der Waals surface area contributed by atoms with Gasteiger partial charge < -0.3 is 4.90 Å². The number of nitrogens with zero attached hydrogens (tertiary/aromatic N) is 3. The summed E-state index contributed by atoms with van der Waals surface area (Å²) in [5.41, 5.74) is 0.884. The van der Waals surface area contributed by atoms with Gasteiger partial charge in [-0.05, 0) is 30.8 Å². The zero-order chi connectivity index (χ0) is 18.0. The lowest BCUT2D eigenvalue weighted by atomic mass is 10.2. The highest BCUT2D eigenvalue weighted by Crippen LogP contribution is 2.25. The van der Waals surface area contributed by atoms with Crippen LogP contribution in [0, 0.1) is 3.95 Å². The van der Waals surface area contributed by atoms with Crippen LogP contribution in [0.15, 0.2) is 34.7 Å². The third kappa shape index (κ3) is 4.49. The summed E-state index contributed by atoms with van der Waals surface area (Å²) in [4.78, 5) is 13.9. The van der Waals surface area contributed by atoms with Crippen molar-refractivity contribution >= 4 is 51.1 Å². The summed E-state index contributed by atoms with van der Waals surface area (Å²) >= 11 is 8.02. The van der Waals surface area contributed by atoms with E-state index < -0.39 is 9.84 Å². The number of sulfone groups is 1. The lowest BCUT2D eigenvalue weighted by molar-refractivity contribution is -0.128. The number of carbonyl (C=O) groups excluding carboxylic acids is 1. The molecule has 0 bridgehead atoms. The summed E-state index contributed by atoms with van der Waals surface area (Å²) in [6.45, 7) is 0. The van der Waals surface area contributed by atoms with Crippen molar-refractivity contribution in [3.05, 3.63) is 34.3 Å². The predicted octanol–water partition coefficient (Wildman–Crippen LogP) is 2.40. The number of amides is 1. The molecule has 1 unspecified atom stereocenters. The number of carbonyl (C=O) groups is 1. The van der Waals surface area contributed by atoms with E-state index in [0.717, 1.165) is 10.0 Å². The van der Waals surface area contributed by atoms with Crippen molar-refractivity contribution in [2.24, 2.45) is 0 Å². The molecule has 3 rings (SSSR count). The predicted molar refractivity (Wildman–Crippen MR) is 103 cm³/mol. The number of para-hydroxylation sites is 1. The van der Waals surface area contributed by atoms with Crippen LogP contribution in [-0.2, 0) is 14.6 Å². The molecule has 0 spiro atoms. The van der Waals surface area contributed by atoms with Gasteiger partial charge in [0.2, 0.25) is 5.91 Å². The number of thioether (sulfide) groups is 1. The van der Waals surface area contributed by atoms with Crippen molar-refractivity contribution in [2.45, 2.75) is 16.8 Å². The highest BCUT2D eigenvalue weighted by atomic mass is 32.2. The zero-order valence-electron chi connectivity index (χ0n) is 13.5. The van der Waals surface area contributed by atoms with Crippen LogP contribution in [0.3, 0.4) is 0 Å². The third-order valence-corrected chi connectivity index (χ3v) is 8.10. The summed E-state index contributed by atoms with van der Waals surface area (Å²) < 4.78 is 26.1. The Balaban J connectivity index is 1.62. The Morgan fingerprint density at radius 3 is 2.80 bits per heavy atom. The van der Waals surface area contributed by atoms with Gasteiger partial charge in [0.05, 0.1) is 22.9 Å². The standard InChI is InChI=1S/C15H17N3O3S4/c1-17(12-7-8-25(20,21)10-12)13(19)9-23-14-16-18(15(22)24-14)11-5-3-2-4-6-11/h2-6,12H,7-10H2,1H3. The van der Waals surface area contributed by atoms with Crippen LogP contribution in [0.2, 0.25) is 0 Å². The fourth-order valence-corrected chi connectivity index (χ4v) is 6.62. The molecule has 0 saturated carbocycles. The van der Waals surface area contributed by atoms with Crippen molar-refractivity contribution in [1.82, 2.24) is 14.7 Å². The van der Waals surface area contributed by atoms with E-state index in [1.807, 2.05) is 30.3 Å². The SMILES string of the molecule is CN(C(=O)CSc1nn(-c2ccccc2)c(=S)s1)C1CCS(=O)(=O)C1. The Labute approximate surface area is 159 Å². The molecule has 2 heterocycles. The molecule has 1 aliphatic rings. The van der Waals surface area contributed by atoms with E-state index in [9.17, 15) is 13.2 Å². The second-order valence-corrected chi connectivity index (χ2v) is 10.8. The molecule has 1 aromatic heterocycles. The highest BCUT2D eigenvalue weighted by Gasteiger charge is 2.32. The van der Waals surface area contributed by atoms with Crippen molar-refractivity contribution in [3.63, 3.8) is 0 Å². The molecule has 1 aromatic carbocycles. The van der Waals surface area contributed by atoms with Crippen molar-refractivity contribution in [3.8, 4) is 5.69 Å². The van der Waals surface area contributed by atoms with E-state index in [1.165, 1.54) is 23.1 Å². The first-order valence-electron chi connectivity index (χ1n) is 7.60. The maximum atomic E-state index is 12.3. The summed E-state index contributed by atoms with van der Waals surface area (Å²) in [6.07, 6.45) is 0.511. The minimum atomic E-state index is -3.00. The van der Waals surface area contributed by atoms with E-state index in [0.29, 0.717) is 10.4 Å². The maximum Gasteiger partial charge on any atom is 0.233 e. The van der Waals surface area contributed by atoms with Gasteiger partial charge in [0.1, 0.15) is 0 Å². The number of benzene rings is 1. The first kappa shape index (κ1) is 18.6. The van der Waals surface area contributed by atoms with Crippen LogP contribution in [-0.4, -0.2) is 59.4 Å². The van der Waals surface area contributed by atoms with Gasteiger partial charge in [-0.25, -0.2) is 13.1 Å². The minimum Gasteiger partial charge on any atom is -0.341 e. The third-order valence-electron chi connectivity index (χ3n) is 4.00. The van der Waals surface area contributed by atoms with Crippen molar-refractivity contribution in [2.75, 3.05) is 24.3 Å². The zero-order valence-corrected chi connectivity index (χ0v) is 16.8. The van der Waals surface area contributed by atoms with Gasteiger partial charge in [-0.15, -0.1) is 5.10 Å². The van der Waals surface area contributed by atoms with Crippen LogP contribution in [0.4, 0.5) is 0 Å². The molecule has 1 saturated heterocycles. The molecule has 1 fully saturated rings. The maximum absolute atomic E-state index is 12.3. The Hall–Kier alpha value is -1.23. The monoisotopic (exact) mass is 415 g/mol. The molecule has 1 aliphatic heterocycles. The largest absolute Gasteiger partial charge is 0.341 e. The fraction of sp³-hybridized carbons (Fsp3) is 0.400. The quantitative estimate of drug-likeness (QED) is 0.552. The molecule has 0 radical (unpaired) electrons. The molecule has 10 heteroatoms. The summed E-state index contributed by atoms with van der Waals surface area (Å²) in [5.74, 6) is 0.330. The summed E-state index contributed by atoms with van der Waals surface area (Å²) in [6, 6.07) is 9.37. The average molecular weight is 416 g/mol. The van der Waals surface area contributed by atoms with Gasteiger partial charge in [-0.3, -0.25) is 4.79 Å². The lowest BCUT2D eigenvalue weighted by Crippen LogP contribution is -2.38. The van der Waals surface area contributed by atoms with Crippen LogP contribution in [0.25, 0.3) is 5.69 Å². The smallest absolute Gasteiger partial charge is 0.233 e. The number of rotatable bonds is 5. The van der Waals surface area contributed by atoms with E-state index in [-0.39, 0.29) is 29.2 Å². The van der Waals surface area contributed by atoms with E-state index in [1.54, 1.807) is 16.6 Å². The Morgan fingerprint density at radius 1 is 1.44 bits per heavy atom. The minimum absolute atomic E-state index is 0.0570. The van der Waals surface area contributed by atoms with Crippen molar-refractivity contribution < 1.29 is 13.2 Å². The molecule has 6 nitrogen and oxygen atoms in total. The molecular formula is C15H17N3O3S4. The normalized spacial score (nSPS) is 19.0. The first-order chi connectivity index (χ1) is 11.9. The molecule has 25 heavy (non-hydrogen) atoms. The van der Waals surface area contributed by atoms with Crippen LogP contribution in [0.5, 0.6) is 0 Å². The lowest BCUT2D eigenvalue weighted by Gasteiger charge is -2.22. The van der Waals surface area contributed by atoms with Gasteiger partial charge in [0.25, 0.3) is 0 Å². The van der Waals surface area contributed by atoms with E-state index >= 15 is 0 Å². The molecular weight excluding hydrogens is 398 g/mol. The molecule has 134 valence electrons. The average Bonchev–Trinajstić information content (AvgIpc) is 3.15. The Kier molecular flexibility index (Phi) is 5.62. The second kappa shape index (κ2) is 7.56. The Morgan fingerprint density at radius 2 is 2.16 bits per heavy atom. The first-order valence-corrected chi connectivity index (χ1v) is 11.6. The van der Waals surface area contributed by atoms with E-state index in [4.69, 9.17) is 12.2 Å². The Bertz CT molecular complexity index is 921. The summed E-state index contributed by atoms with van der Waals surface area (Å²) in [7, 11) is -1.34. The molecule has 2 aromatic rings. The summed E-state index contributed by atoms with van der Waals surface area (Å²) in [5, 5.41) is 4.46. The molecule has 1 amide bonds. The second-order valence-electron chi connectivity index (χ2n) is 5.73. The molecule has 1 atom stereocenters. The number of hydrogen-bond acceptors (Lipinski definition) is 7. The van der Waals surface area contributed by atoms with Crippen LogP contribution < -0.4 is 0 Å². The van der Waals surface area contributed by atoms with Gasteiger partial charge >= 0.3 is 0 Å². The topological polar surface area (TPSA) is 72.3 Å². The number of hydrogen-bond donors (Lipinski definition) is 0. The number of aromatic nitrogens is 2. The fourth-order valence-electron chi connectivity index (χ4n) is 2.56. The van der Waals surface area contributed by atoms with Crippen LogP contribution >= 0.6 is 35.3 Å². The van der Waals surface area contributed by atoms with Gasteiger partial charge in [0, 0.05) is 13.1 Å². The van der Waals surface area contributed by atoms with Gasteiger partial charge in [-0.2, -0.15) is 0 Å². The van der Waals surface area contributed by atoms with Crippen molar-refractivity contribution in [1.29, 1.82) is 0 Å². The van der Waals surface area contributed by atoms with Gasteiger partial charge in [0.15, 0.2) is 18.1 Å². The van der Waals surface area contributed by atoms with Gasteiger partial charge in [-0.1, -0.05) is 41.3 Å². The molecule has 0 aliphatic carbocycles. The van der Waals surface area contributed by atoms with E-state index in [2.05, 4.69) is 5.10 Å². The highest BCUT2D eigenvalue weighted by molar-refractivity contribution is 8.01. The molecule has 0 N–H and O–H groups in total.